The molecule has 0 radical (unpaired) electrons. The number of piperidine rings is 1. The molecule has 4 rings (SSSR count). The van der Waals surface area contributed by atoms with Crippen molar-refractivity contribution in [1.82, 2.24) is 30.3 Å². The van der Waals surface area contributed by atoms with E-state index >= 15 is 0 Å². The summed E-state index contributed by atoms with van der Waals surface area (Å²) in [6.07, 6.45) is 4.73. The second kappa shape index (κ2) is 10.7. The van der Waals surface area contributed by atoms with Gasteiger partial charge in [0.25, 0.3) is 0 Å². The normalized spacial score (nSPS) is 22.0. The van der Waals surface area contributed by atoms with Gasteiger partial charge in [0.1, 0.15) is 0 Å². The van der Waals surface area contributed by atoms with Gasteiger partial charge in [-0.25, -0.2) is 4.98 Å². The van der Waals surface area contributed by atoms with E-state index in [1.807, 2.05) is 7.05 Å². The number of hydrogen-bond donors (Lipinski definition) is 2. The number of aryl methyl sites for hydroxylation is 1. The second-order valence-corrected chi connectivity index (χ2v) is 10.2. The molecule has 3 fully saturated rings. The predicted octanol–water partition coefficient (Wildman–Crippen LogP) is 1.14. The average Bonchev–Trinajstić information content (AvgIpc) is 3.49. The Bertz CT molecular complexity index is 747. The summed E-state index contributed by atoms with van der Waals surface area (Å²) in [6, 6.07) is 0.445. The highest BCUT2D eigenvalue weighted by Gasteiger charge is 2.26. The number of rotatable bonds is 7. The first kappa shape index (κ1) is 22.5. The van der Waals surface area contributed by atoms with Gasteiger partial charge in [-0.1, -0.05) is 0 Å². The fraction of sp³-hybridized carbons (Fsp3) is 0.773. The molecule has 1 saturated carbocycles. The predicted molar refractivity (Wildman–Crippen MR) is 125 cm³/mol. The molecule has 172 valence electrons. The van der Waals surface area contributed by atoms with Crippen LogP contribution in [0.5, 0.6) is 0 Å². The Kier molecular flexibility index (Phi) is 7.79. The van der Waals surface area contributed by atoms with Crippen molar-refractivity contribution < 1.29 is 4.79 Å². The van der Waals surface area contributed by atoms with Crippen LogP contribution in [0.3, 0.4) is 0 Å². The summed E-state index contributed by atoms with van der Waals surface area (Å²) in [4.78, 5) is 28.3. The molecule has 8 nitrogen and oxygen atoms in total. The highest BCUT2D eigenvalue weighted by Crippen LogP contribution is 2.20. The minimum atomic E-state index is 0.176. The van der Waals surface area contributed by atoms with Crippen LogP contribution in [0.4, 0.5) is 0 Å². The minimum absolute atomic E-state index is 0.176. The van der Waals surface area contributed by atoms with Crippen molar-refractivity contribution in [3.05, 3.63) is 16.1 Å². The summed E-state index contributed by atoms with van der Waals surface area (Å²) < 4.78 is 0. The highest BCUT2D eigenvalue weighted by atomic mass is 32.1. The Balaban J connectivity index is 1.13. The first-order chi connectivity index (χ1) is 15.1. The van der Waals surface area contributed by atoms with Gasteiger partial charge in [-0.3, -0.25) is 19.6 Å². The summed E-state index contributed by atoms with van der Waals surface area (Å²) >= 11 is 1.74. The lowest BCUT2D eigenvalue weighted by Gasteiger charge is -2.37. The number of amides is 1. The van der Waals surface area contributed by atoms with Crippen LogP contribution in [0, 0.1) is 12.8 Å². The number of thiazole rings is 1. The first-order valence-electron chi connectivity index (χ1n) is 11.7. The van der Waals surface area contributed by atoms with Gasteiger partial charge >= 0.3 is 0 Å². The van der Waals surface area contributed by atoms with Crippen LogP contribution in [-0.2, 0) is 11.3 Å². The SMILES string of the molecule is CN=C(NCC1CCN(Cc2csc(C)n2)CC1)N1CCN(CC(=O)NC2CC2)CC1. The van der Waals surface area contributed by atoms with Crippen molar-refractivity contribution in [1.29, 1.82) is 0 Å². The Morgan fingerprint density at radius 2 is 1.87 bits per heavy atom. The van der Waals surface area contributed by atoms with Gasteiger partial charge in [-0.15, -0.1) is 11.3 Å². The van der Waals surface area contributed by atoms with Crippen molar-refractivity contribution in [3.63, 3.8) is 0 Å². The molecule has 1 amide bonds. The van der Waals surface area contributed by atoms with Gasteiger partial charge in [-0.05, 0) is 51.6 Å². The van der Waals surface area contributed by atoms with E-state index in [9.17, 15) is 4.79 Å². The molecule has 1 aromatic heterocycles. The van der Waals surface area contributed by atoms with Crippen molar-refractivity contribution in [2.24, 2.45) is 10.9 Å². The maximum Gasteiger partial charge on any atom is 0.234 e. The number of piperazine rings is 1. The third kappa shape index (κ3) is 6.89. The number of aromatic nitrogens is 1. The smallest absolute Gasteiger partial charge is 0.234 e. The minimum Gasteiger partial charge on any atom is -0.356 e. The van der Waals surface area contributed by atoms with Crippen LogP contribution in [0.15, 0.2) is 10.4 Å². The molecule has 1 aromatic rings. The molecule has 2 N–H and O–H groups in total. The van der Waals surface area contributed by atoms with Crippen molar-refractivity contribution >= 4 is 23.2 Å². The molecule has 0 aromatic carbocycles. The lowest BCUT2D eigenvalue weighted by Crippen LogP contribution is -2.54. The summed E-state index contributed by atoms with van der Waals surface area (Å²) in [5.41, 5.74) is 1.21. The number of nitrogens with zero attached hydrogens (tertiary/aromatic N) is 5. The van der Waals surface area contributed by atoms with Crippen LogP contribution >= 0.6 is 11.3 Å². The molecule has 31 heavy (non-hydrogen) atoms. The monoisotopic (exact) mass is 447 g/mol. The van der Waals surface area contributed by atoms with Crippen molar-refractivity contribution in [2.45, 2.75) is 45.2 Å². The van der Waals surface area contributed by atoms with Gasteiger partial charge in [-0.2, -0.15) is 0 Å². The maximum absolute atomic E-state index is 12.0. The summed E-state index contributed by atoms with van der Waals surface area (Å²) in [6.45, 7) is 10.5. The average molecular weight is 448 g/mol. The van der Waals surface area contributed by atoms with E-state index < -0.39 is 0 Å². The summed E-state index contributed by atoms with van der Waals surface area (Å²) in [5.74, 6) is 1.87. The Hall–Kier alpha value is -1.71. The molecule has 1 aliphatic carbocycles. The zero-order valence-electron chi connectivity index (χ0n) is 19.0. The topological polar surface area (TPSA) is 76.1 Å². The van der Waals surface area contributed by atoms with Crippen LogP contribution in [0.1, 0.15) is 36.4 Å². The summed E-state index contributed by atoms with van der Waals surface area (Å²) in [7, 11) is 1.87. The molecule has 9 heteroatoms. The van der Waals surface area contributed by atoms with Crippen LogP contribution in [-0.4, -0.2) is 97.0 Å². The second-order valence-electron chi connectivity index (χ2n) is 9.11. The van der Waals surface area contributed by atoms with E-state index in [1.165, 1.54) is 18.5 Å². The van der Waals surface area contributed by atoms with E-state index in [-0.39, 0.29) is 5.91 Å². The van der Waals surface area contributed by atoms with Crippen LogP contribution in [0.2, 0.25) is 0 Å². The maximum atomic E-state index is 12.0. The highest BCUT2D eigenvalue weighted by molar-refractivity contribution is 7.09. The largest absolute Gasteiger partial charge is 0.356 e. The third-order valence-corrected chi connectivity index (χ3v) is 7.32. The molecule has 0 atom stereocenters. The lowest BCUT2D eigenvalue weighted by molar-refractivity contribution is -0.122. The first-order valence-corrected chi connectivity index (χ1v) is 12.6. The third-order valence-electron chi connectivity index (χ3n) is 6.50. The molecular weight excluding hydrogens is 410 g/mol. The summed E-state index contributed by atoms with van der Waals surface area (Å²) in [5, 5.41) is 10.0. The number of hydrogen-bond acceptors (Lipinski definition) is 6. The zero-order valence-corrected chi connectivity index (χ0v) is 19.8. The van der Waals surface area contributed by atoms with Crippen molar-refractivity contribution in [3.8, 4) is 0 Å². The number of likely N-dealkylation sites (tertiary alicyclic amines) is 1. The molecule has 2 aliphatic heterocycles. The quantitative estimate of drug-likeness (QED) is 0.482. The molecule has 0 bridgehead atoms. The lowest BCUT2D eigenvalue weighted by atomic mass is 9.97. The van der Waals surface area contributed by atoms with Gasteiger partial charge in [0.15, 0.2) is 5.96 Å². The molecule has 3 heterocycles. The number of nitrogens with one attached hydrogen (secondary N) is 2. The van der Waals surface area contributed by atoms with Gasteiger partial charge in [0, 0.05) is 57.7 Å². The van der Waals surface area contributed by atoms with Gasteiger partial charge in [0.05, 0.1) is 17.2 Å². The van der Waals surface area contributed by atoms with E-state index in [0.29, 0.717) is 18.5 Å². The zero-order chi connectivity index (χ0) is 21.6. The van der Waals surface area contributed by atoms with Gasteiger partial charge in [0.2, 0.25) is 5.91 Å². The van der Waals surface area contributed by atoms with E-state index in [1.54, 1.807) is 11.3 Å². The fourth-order valence-electron chi connectivity index (χ4n) is 4.45. The van der Waals surface area contributed by atoms with Crippen molar-refractivity contribution in [2.75, 3.05) is 59.4 Å². The molecule has 0 unspecified atom stereocenters. The molecule has 0 spiro atoms. The Labute approximate surface area is 190 Å². The number of carbonyl (C=O) groups excluding carboxylic acids is 1. The standard InChI is InChI=1S/C22H37N7OS/c1-17-25-20(16-31-17)14-27-7-5-18(6-8-27)13-24-22(23-2)29-11-9-28(10-12-29)15-21(30)26-19-3-4-19/h16,18-19H,3-15H2,1-2H3,(H,23,24)(H,26,30). The molecular formula is C22H37N7OS. The van der Waals surface area contributed by atoms with Gasteiger partial charge < -0.3 is 15.5 Å². The molecule has 3 aliphatic rings. The van der Waals surface area contributed by atoms with E-state index in [2.05, 4.69) is 47.6 Å². The Morgan fingerprint density at radius 3 is 2.48 bits per heavy atom. The van der Waals surface area contributed by atoms with E-state index in [0.717, 1.165) is 76.2 Å². The van der Waals surface area contributed by atoms with Crippen LogP contribution in [0.25, 0.3) is 0 Å². The fourth-order valence-corrected chi connectivity index (χ4v) is 5.05. The Morgan fingerprint density at radius 1 is 1.13 bits per heavy atom. The number of carbonyl (C=O) groups is 1. The number of guanidine groups is 1. The number of aliphatic imine (C=N–C) groups is 1. The molecule has 2 saturated heterocycles. The van der Waals surface area contributed by atoms with Crippen LogP contribution < -0.4 is 10.6 Å². The van der Waals surface area contributed by atoms with E-state index in [4.69, 9.17) is 0 Å².